The van der Waals surface area contributed by atoms with Crippen molar-refractivity contribution in [3.63, 3.8) is 0 Å². The maximum absolute atomic E-state index is 12.2. The molecule has 1 aliphatic heterocycles. The highest BCUT2D eigenvalue weighted by molar-refractivity contribution is 9.10. The van der Waals surface area contributed by atoms with Crippen LogP contribution in [0.3, 0.4) is 0 Å². The summed E-state index contributed by atoms with van der Waals surface area (Å²) in [5.74, 6) is -0.0711. The lowest BCUT2D eigenvalue weighted by molar-refractivity contribution is -0.116. The summed E-state index contributed by atoms with van der Waals surface area (Å²) in [6.07, 6.45) is 0.439. The van der Waals surface area contributed by atoms with E-state index in [1.807, 2.05) is 24.3 Å². The molecule has 0 unspecified atom stereocenters. The first-order valence-corrected chi connectivity index (χ1v) is 9.62. The fourth-order valence-electron chi connectivity index (χ4n) is 2.77. The Balaban J connectivity index is 1.46. The third-order valence-electron chi connectivity index (χ3n) is 4.22. The van der Waals surface area contributed by atoms with Crippen molar-refractivity contribution in [2.75, 3.05) is 38.2 Å². The number of benzene rings is 1. The number of carbonyl (C=O) groups excluding carboxylic acids is 2. The summed E-state index contributed by atoms with van der Waals surface area (Å²) in [5.41, 5.74) is 1.61. The van der Waals surface area contributed by atoms with Crippen LogP contribution in [0.1, 0.15) is 22.5 Å². The number of amides is 2. The standard InChI is InChI=1S/C19H22BrN3O4/c20-17-5-4-16(27-17)19(25)21-13-14-2-1-3-15(12-14)22-18(24)6-7-23-8-10-26-11-9-23/h1-5,12H,6-11,13H2,(H,21,25)(H,22,24). The Morgan fingerprint density at radius 3 is 2.70 bits per heavy atom. The van der Waals surface area contributed by atoms with E-state index in [0.717, 1.165) is 44.1 Å². The summed E-state index contributed by atoms with van der Waals surface area (Å²) in [4.78, 5) is 26.4. The number of nitrogens with zero attached hydrogens (tertiary/aromatic N) is 1. The Labute approximate surface area is 166 Å². The Bertz CT molecular complexity index is 787. The van der Waals surface area contributed by atoms with E-state index in [4.69, 9.17) is 9.15 Å². The highest BCUT2D eigenvalue weighted by Gasteiger charge is 2.13. The minimum Gasteiger partial charge on any atom is -0.444 e. The molecule has 2 N–H and O–H groups in total. The largest absolute Gasteiger partial charge is 0.444 e. The zero-order valence-corrected chi connectivity index (χ0v) is 16.5. The highest BCUT2D eigenvalue weighted by atomic mass is 79.9. The molecule has 2 aromatic rings. The Kier molecular flexibility index (Phi) is 7.03. The van der Waals surface area contributed by atoms with E-state index in [2.05, 4.69) is 31.5 Å². The average Bonchev–Trinajstić information content (AvgIpc) is 3.12. The van der Waals surface area contributed by atoms with Gasteiger partial charge in [-0.3, -0.25) is 14.5 Å². The molecule has 27 heavy (non-hydrogen) atoms. The second-order valence-corrected chi connectivity index (χ2v) is 7.02. The van der Waals surface area contributed by atoms with Crippen molar-refractivity contribution in [1.29, 1.82) is 0 Å². The van der Waals surface area contributed by atoms with Gasteiger partial charge < -0.3 is 19.8 Å². The van der Waals surface area contributed by atoms with E-state index in [0.29, 0.717) is 17.6 Å². The monoisotopic (exact) mass is 435 g/mol. The summed E-state index contributed by atoms with van der Waals surface area (Å²) in [6, 6.07) is 10.7. The van der Waals surface area contributed by atoms with Gasteiger partial charge in [0.25, 0.3) is 5.91 Å². The van der Waals surface area contributed by atoms with Gasteiger partial charge in [-0.1, -0.05) is 12.1 Å². The van der Waals surface area contributed by atoms with E-state index in [1.54, 1.807) is 12.1 Å². The zero-order valence-electron chi connectivity index (χ0n) is 14.9. The second-order valence-electron chi connectivity index (χ2n) is 6.24. The molecule has 0 atom stereocenters. The topological polar surface area (TPSA) is 83.8 Å². The summed E-state index contributed by atoms with van der Waals surface area (Å²) in [5, 5.41) is 5.70. The first-order valence-electron chi connectivity index (χ1n) is 8.82. The molecule has 1 aromatic carbocycles. The van der Waals surface area contributed by atoms with Crippen LogP contribution in [0.15, 0.2) is 45.5 Å². The van der Waals surface area contributed by atoms with Gasteiger partial charge in [0.2, 0.25) is 5.91 Å². The third kappa shape index (κ3) is 6.20. The maximum atomic E-state index is 12.2. The summed E-state index contributed by atoms with van der Waals surface area (Å²) < 4.78 is 11.0. The van der Waals surface area contributed by atoms with Crippen LogP contribution in [-0.2, 0) is 16.1 Å². The lowest BCUT2D eigenvalue weighted by Gasteiger charge is -2.26. The van der Waals surface area contributed by atoms with E-state index in [9.17, 15) is 9.59 Å². The van der Waals surface area contributed by atoms with Crippen molar-refractivity contribution in [1.82, 2.24) is 10.2 Å². The molecular formula is C19H22BrN3O4. The predicted octanol–water partition coefficient (Wildman–Crippen LogP) is 2.63. The van der Waals surface area contributed by atoms with Crippen LogP contribution >= 0.6 is 15.9 Å². The number of halogens is 1. The molecule has 8 heteroatoms. The number of nitrogens with one attached hydrogen (secondary N) is 2. The van der Waals surface area contributed by atoms with Crippen molar-refractivity contribution in [2.24, 2.45) is 0 Å². The molecule has 2 heterocycles. The smallest absolute Gasteiger partial charge is 0.287 e. The maximum Gasteiger partial charge on any atom is 0.287 e. The molecule has 1 aromatic heterocycles. The van der Waals surface area contributed by atoms with Crippen LogP contribution in [0.5, 0.6) is 0 Å². The number of carbonyl (C=O) groups is 2. The van der Waals surface area contributed by atoms with E-state index in [1.165, 1.54) is 0 Å². The van der Waals surface area contributed by atoms with Crippen molar-refractivity contribution in [3.8, 4) is 0 Å². The van der Waals surface area contributed by atoms with Crippen LogP contribution in [0.25, 0.3) is 0 Å². The lowest BCUT2D eigenvalue weighted by Crippen LogP contribution is -2.38. The van der Waals surface area contributed by atoms with Gasteiger partial charge in [-0.2, -0.15) is 0 Å². The molecule has 1 fully saturated rings. The first kappa shape index (κ1) is 19.6. The Morgan fingerprint density at radius 1 is 1.15 bits per heavy atom. The van der Waals surface area contributed by atoms with Gasteiger partial charge in [-0.25, -0.2) is 0 Å². The Hall–Kier alpha value is -2.16. The Morgan fingerprint density at radius 2 is 1.96 bits per heavy atom. The van der Waals surface area contributed by atoms with Gasteiger partial charge in [0.15, 0.2) is 10.4 Å². The van der Waals surface area contributed by atoms with E-state index < -0.39 is 0 Å². The van der Waals surface area contributed by atoms with Gasteiger partial charge in [0.1, 0.15) is 0 Å². The molecule has 0 bridgehead atoms. The summed E-state index contributed by atoms with van der Waals surface area (Å²) in [6.45, 7) is 4.26. The van der Waals surface area contributed by atoms with Gasteiger partial charge >= 0.3 is 0 Å². The summed E-state index contributed by atoms with van der Waals surface area (Å²) in [7, 11) is 0. The number of hydrogen-bond donors (Lipinski definition) is 2. The minimum atomic E-state index is -0.291. The molecule has 7 nitrogen and oxygen atoms in total. The van der Waals surface area contributed by atoms with Crippen LogP contribution in [0.2, 0.25) is 0 Å². The number of morpholine rings is 1. The number of rotatable bonds is 7. The van der Waals surface area contributed by atoms with Gasteiger partial charge in [0, 0.05) is 38.3 Å². The summed E-state index contributed by atoms with van der Waals surface area (Å²) >= 11 is 3.17. The molecule has 0 saturated carbocycles. The first-order chi connectivity index (χ1) is 13.1. The second kappa shape index (κ2) is 9.68. The molecule has 0 radical (unpaired) electrons. The number of hydrogen-bond acceptors (Lipinski definition) is 5. The molecule has 1 saturated heterocycles. The van der Waals surface area contributed by atoms with Crippen molar-refractivity contribution < 1.29 is 18.7 Å². The number of ether oxygens (including phenoxy) is 1. The van der Waals surface area contributed by atoms with E-state index in [-0.39, 0.29) is 17.6 Å². The van der Waals surface area contributed by atoms with Gasteiger partial charge in [0.05, 0.1) is 13.2 Å². The van der Waals surface area contributed by atoms with Gasteiger partial charge in [-0.05, 0) is 45.8 Å². The minimum absolute atomic E-state index is 0.0249. The quantitative estimate of drug-likeness (QED) is 0.698. The molecule has 3 rings (SSSR count). The molecule has 2 amide bonds. The molecule has 1 aliphatic rings. The zero-order chi connectivity index (χ0) is 19.1. The van der Waals surface area contributed by atoms with Crippen LogP contribution in [-0.4, -0.2) is 49.6 Å². The van der Waals surface area contributed by atoms with E-state index >= 15 is 0 Å². The molecule has 0 spiro atoms. The number of furan rings is 1. The molecular weight excluding hydrogens is 414 g/mol. The van der Waals surface area contributed by atoms with Crippen molar-refractivity contribution in [3.05, 3.63) is 52.4 Å². The van der Waals surface area contributed by atoms with Crippen LogP contribution in [0.4, 0.5) is 5.69 Å². The average molecular weight is 436 g/mol. The highest BCUT2D eigenvalue weighted by Crippen LogP contribution is 2.15. The van der Waals surface area contributed by atoms with Crippen LogP contribution in [0, 0.1) is 0 Å². The van der Waals surface area contributed by atoms with Crippen molar-refractivity contribution >= 4 is 33.4 Å². The fourth-order valence-corrected chi connectivity index (χ4v) is 3.08. The SMILES string of the molecule is O=C(CCN1CCOCC1)Nc1cccc(CNC(=O)c2ccc(Br)o2)c1. The third-order valence-corrected chi connectivity index (χ3v) is 4.65. The molecule has 144 valence electrons. The molecule has 0 aliphatic carbocycles. The van der Waals surface area contributed by atoms with Crippen LogP contribution < -0.4 is 10.6 Å². The normalized spacial score (nSPS) is 14.7. The number of anilines is 1. The van der Waals surface area contributed by atoms with Gasteiger partial charge in [-0.15, -0.1) is 0 Å². The fraction of sp³-hybridized carbons (Fsp3) is 0.368. The predicted molar refractivity (Wildman–Crippen MR) is 105 cm³/mol. The van der Waals surface area contributed by atoms with Crippen molar-refractivity contribution in [2.45, 2.75) is 13.0 Å². The lowest BCUT2D eigenvalue weighted by atomic mass is 10.2.